The Morgan fingerprint density at radius 1 is 0.788 bits per heavy atom. The predicted molar refractivity (Wildman–Crippen MR) is 139 cm³/mol. The van der Waals surface area contributed by atoms with E-state index in [0.717, 1.165) is 6.42 Å². The van der Waals surface area contributed by atoms with Crippen molar-refractivity contribution < 1.29 is 0 Å². The van der Waals surface area contributed by atoms with E-state index in [0.29, 0.717) is 17.8 Å². The molecule has 0 spiro atoms. The Morgan fingerprint density at radius 2 is 1.64 bits per heavy atom. The highest BCUT2D eigenvalue weighted by molar-refractivity contribution is 5.74. The SMILES string of the molecule is Cc1ccccc1C1C=c2c(ccc3c2=CCc2ccccc2-3)C(C2=CC=CC=CN2)C1C. The molecule has 3 aromatic rings. The normalized spacial score (nSPS) is 22.5. The number of allylic oxidation sites excluding steroid dienone is 5. The monoisotopic (exact) mass is 427 g/mol. The van der Waals surface area contributed by atoms with E-state index in [1.54, 1.807) is 0 Å². The second kappa shape index (κ2) is 8.08. The van der Waals surface area contributed by atoms with E-state index < -0.39 is 0 Å². The first kappa shape index (κ1) is 20.1. The molecule has 0 amide bonds. The van der Waals surface area contributed by atoms with Gasteiger partial charge in [-0.1, -0.05) is 91.9 Å². The molecule has 6 rings (SSSR count). The molecule has 33 heavy (non-hydrogen) atoms. The molecule has 0 radical (unpaired) electrons. The van der Waals surface area contributed by atoms with Gasteiger partial charge in [-0.15, -0.1) is 0 Å². The molecule has 162 valence electrons. The van der Waals surface area contributed by atoms with E-state index in [1.165, 1.54) is 49.5 Å². The quantitative estimate of drug-likeness (QED) is 0.541. The average molecular weight is 428 g/mol. The molecule has 0 aromatic heterocycles. The Morgan fingerprint density at radius 3 is 2.55 bits per heavy atom. The number of aryl methyl sites for hydroxylation is 1. The van der Waals surface area contributed by atoms with Gasteiger partial charge >= 0.3 is 0 Å². The van der Waals surface area contributed by atoms with Gasteiger partial charge in [0.25, 0.3) is 0 Å². The molecule has 1 N–H and O–H groups in total. The zero-order valence-electron chi connectivity index (χ0n) is 19.3. The predicted octanol–water partition coefficient (Wildman–Crippen LogP) is 5.85. The van der Waals surface area contributed by atoms with Gasteiger partial charge in [-0.3, -0.25) is 0 Å². The summed E-state index contributed by atoms with van der Waals surface area (Å²) < 4.78 is 0. The van der Waals surface area contributed by atoms with Crippen LogP contribution in [0.4, 0.5) is 0 Å². The van der Waals surface area contributed by atoms with Crippen LogP contribution >= 0.6 is 0 Å². The molecule has 3 atom stereocenters. The van der Waals surface area contributed by atoms with Gasteiger partial charge in [0.05, 0.1) is 0 Å². The number of fused-ring (bicyclic) bond motifs is 5. The summed E-state index contributed by atoms with van der Waals surface area (Å²) in [7, 11) is 0. The molecule has 0 bridgehead atoms. The molecule has 1 heteroatoms. The van der Waals surface area contributed by atoms with Crippen LogP contribution in [-0.2, 0) is 6.42 Å². The molecule has 2 aliphatic carbocycles. The van der Waals surface area contributed by atoms with Crippen LogP contribution in [0.3, 0.4) is 0 Å². The van der Waals surface area contributed by atoms with Crippen molar-refractivity contribution in [3.8, 4) is 11.1 Å². The Bertz CT molecular complexity index is 1450. The van der Waals surface area contributed by atoms with Gasteiger partial charge in [0, 0.05) is 23.7 Å². The first-order chi connectivity index (χ1) is 16.2. The van der Waals surface area contributed by atoms with Crippen LogP contribution in [0.25, 0.3) is 23.3 Å². The Balaban J connectivity index is 1.63. The van der Waals surface area contributed by atoms with E-state index in [-0.39, 0.29) is 0 Å². The highest BCUT2D eigenvalue weighted by atomic mass is 14.9. The topological polar surface area (TPSA) is 12.0 Å². The van der Waals surface area contributed by atoms with Crippen LogP contribution in [0.15, 0.2) is 96.9 Å². The number of nitrogens with one attached hydrogen (secondary N) is 1. The molecular formula is C32H29N. The summed E-state index contributed by atoms with van der Waals surface area (Å²) in [6.07, 6.45) is 16.6. The number of hydrogen-bond acceptors (Lipinski definition) is 1. The molecule has 0 saturated carbocycles. The number of rotatable bonds is 2. The number of hydrogen-bond donors (Lipinski definition) is 1. The Labute approximate surface area is 196 Å². The van der Waals surface area contributed by atoms with Crippen molar-refractivity contribution in [2.45, 2.75) is 32.1 Å². The van der Waals surface area contributed by atoms with Crippen molar-refractivity contribution in [2.24, 2.45) is 5.92 Å². The van der Waals surface area contributed by atoms with Crippen molar-refractivity contribution in [2.75, 3.05) is 0 Å². The molecule has 3 aromatic carbocycles. The molecular weight excluding hydrogens is 398 g/mol. The maximum absolute atomic E-state index is 3.60. The summed E-state index contributed by atoms with van der Waals surface area (Å²) in [6, 6.07) is 22.5. The van der Waals surface area contributed by atoms with Gasteiger partial charge in [-0.2, -0.15) is 0 Å². The third kappa shape index (κ3) is 3.31. The summed E-state index contributed by atoms with van der Waals surface area (Å²) in [5, 5.41) is 6.42. The summed E-state index contributed by atoms with van der Waals surface area (Å²) in [4.78, 5) is 0. The molecule has 0 saturated heterocycles. The molecule has 3 aliphatic rings. The van der Waals surface area contributed by atoms with Crippen LogP contribution in [0.2, 0.25) is 0 Å². The lowest BCUT2D eigenvalue weighted by Crippen LogP contribution is -2.41. The minimum absolute atomic E-state index is 0.304. The molecule has 1 nitrogen and oxygen atoms in total. The molecule has 1 heterocycles. The van der Waals surface area contributed by atoms with Crippen molar-refractivity contribution in [1.82, 2.24) is 5.32 Å². The van der Waals surface area contributed by atoms with Crippen LogP contribution in [0.5, 0.6) is 0 Å². The summed E-state index contributed by atoms with van der Waals surface area (Å²) in [6.45, 7) is 4.67. The minimum atomic E-state index is 0.304. The molecule has 0 fully saturated rings. The summed E-state index contributed by atoms with van der Waals surface area (Å²) >= 11 is 0. The third-order valence-electron chi connectivity index (χ3n) is 7.65. The van der Waals surface area contributed by atoms with E-state index in [1.807, 2.05) is 0 Å². The van der Waals surface area contributed by atoms with Crippen molar-refractivity contribution in [3.63, 3.8) is 0 Å². The van der Waals surface area contributed by atoms with Gasteiger partial charge in [-0.05, 0) is 75.2 Å². The van der Waals surface area contributed by atoms with Gasteiger partial charge < -0.3 is 5.32 Å². The first-order valence-corrected chi connectivity index (χ1v) is 12.0. The van der Waals surface area contributed by atoms with Crippen LogP contribution in [0.1, 0.15) is 41.0 Å². The highest BCUT2D eigenvalue weighted by Gasteiger charge is 2.34. The molecule has 1 aliphatic heterocycles. The third-order valence-corrected chi connectivity index (χ3v) is 7.65. The fourth-order valence-electron chi connectivity index (χ4n) is 6.01. The van der Waals surface area contributed by atoms with Gasteiger partial charge in [0.15, 0.2) is 0 Å². The smallest absolute Gasteiger partial charge is 0.0281 e. The second-order valence-corrected chi connectivity index (χ2v) is 9.49. The second-order valence-electron chi connectivity index (χ2n) is 9.49. The number of benzene rings is 3. The first-order valence-electron chi connectivity index (χ1n) is 12.0. The van der Waals surface area contributed by atoms with Gasteiger partial charge in [-0.25, -0.2) is 0 Å². The van der Waals surface area contributed by atoms with E-state index >= 15 is 0 Å². The summed E-state index contributed by atoms with van der Waals surface area (Å²) in [5.41, 5.74) is 9.69. The zero-order valence-corrected chi connectivity index (χ0v) is 19.3. The van der Waals surface area contributed by atoms with Gasteiger partial charge in [0.2, 0.25) is 0 Å². The zero-order chi connectivity index (χ0) is 22.4. The maximum atomic E-state index is 3.60. The van der Waals surface area contributed by atoms with E-state index in [2.05, 4.69) is 122 Å². The maximum Gasteiger partial charge on any atom is 0.0281 e. The van der Waals surface area contributed by atoms with Crippen molar-refractivity contribution in [3.05, 3.63) is 130 Å². The Kier molecular flexibility index (Phi) is 4.91. The lowest BCUT2D eigenvalue weighted by Gasteiger charge is -2.37. The summed E-state index contributed by atoms with van der Waals surface area (Å²) in [5.74, 6) is 1.10. The largest absolute Gasteiger partial charge is 0.364 e. The fraction of sp³-hybridized carbons (Fsp3) is 0.188. The van der Waals surface area contributed by atoms with Crippen LogP contribution < -0.4 is 15.8 Å². The minimum Gasteiger partial charge on any atom is -0.364 e. The highest BCUT2D eigenvalue weighted by Crippen LogP contribution is 2.43. The molecule has 3 unspecified atom stereocenters. The van der Waals surface area contributed by atoms with Crippen LogP contribution in [0, 0.1) is 12.8 Å². The van der Waals surface area contributed by atoms with E-state index in [9.17, 15) is 0 Å². The average Bonchev–Trinajstić information content (AvgIpc) is 3.13. The van der Waals surface area contributed by atoms with Crippen molar-refractivity contribution >= 4 is 12.2 Å². The van der Waals surface area contributed by atoms with Crippen LogP contribution in [-0.4, -0.2) is 0 Å². The van der Waals surface area contributed by atoms with E-state index in [4.69, 9.17) is 0 Å². The fourth-order valence-corrected chi connectivity index (χ4v) is 6.01. The Hall–Kier alpha value is -3.58. The van der Waals surface area contributed by atoms with Gasteiger partial charge in [0.1, 0.15) is 0 Å². The van der Waals surface area contributed by atoms with Crippen molar-refractivity contribution in [1.29, 1.82) is 0 Å². The standard InChI is InChI=1S/C32H29N/c1-21-10-5-7-12-24(21)29-20-30-27-16-15-23-11-6-8-13-25(23)26(27)17-18-28(30)32(22(29)2)31-14-4-3-9-19-33-31/h3-14,16-20,22,29,32-33H,15H2,1-2H3. The lowest BCUT2D eigenvalue weighted by atomic mass is 9.68. The lowest BCUT2D eigenvalue weighted by molar-refractivity contribution is 0.449.